The number of hydrogen-bond donors (Lipinski definition) is 0. The van der Waals surface area contributed by atoms with Crippen LogP contribution in [0.25, 0.3) is 10.9 Å². The predicted molar refractivity (Wildman–Crippen MR) is 157 cm³/mol. The van der Waals surface area contributed by atoms with Crippen molar-refractivity contribution in [3.05, 3.63) is 126 Å². The second-order valence-electron chi connectivity index (χ2n) is 9.33. The van der Waals surface area contributed by atoms with E-state index >= 15 is 0 Å². The van der Waals surface area contributed by atoms with Crippen molar-refractivity contribution in [2.24, 2.45) is 0 Å². The standard InChI is InChI=1S/C32H28ClNO5S/c1-23-12-14-24(15-13-23)22-39-30-17-16-25(20-31(30)38-19-7-18-33)32(35)28-21-34(29-11-6-5-10-27(28)29)40(36,37)26-8-3-2-4-9-26/h2-6,8-17,20-21H,7,18-19,22H2,1H3. The van der Waals surface area contributed by atoms with Gasteiger partial charge in [-0.15, -0.1) is 11.6 Å². The summed E-state index contributed by atoms with van der Waals surface area (Å²) in [4.78, 5) is 14.0. The van der Waals surface area contributed by atoms with Crippen molar-refractivity contribution >= 4 is 38.3 Å². The molecule has 0 aliphatic rings. The normalized spacial score (nSPS) is 11.4. The number of nitrogens with zero attached hydrogens (tertiary/aromatic N) is 1. The highest BCUT2D eigenvalue weighted by Gasteiger charge is 2.24. The number of aromatic nitrogens is 1. The van der Waals surface area contributed by atoms with Crippen molar-refractivity contribution in [1.29, 1.82) is 0 Å². The van der Waals surface area contributed by atoms with Gasteiger partial charge in [0.15, 0.2) is 17.3 Å². The summed E-state index contributed by atoms with van der Waals surface area (Å²) < 4.78 is 40.1. The molecule has 4 aromatic carbocycles. The maximum atomic E-state index is 13.8. The maximum Gasteiger partial charge on any atom is 0.268 e. The molecule has 0 unspecified atom stereocenters. The lowest BCUT2D eigenvalue weighted by atomic mass is 10.0. The van der Waals surface area contributed by atoms with Crippen molar-refractivity contribution in [3.63, 3.8) is 0 Å². The Kier molecular flexibility index (Phi) is 8.24. The molecule has 1 aromatic heterocycles. The maximum absolute atomic E-state index is 13.8. The van der Waals surface area contributed by atoms with Crippen LogP contribution in [0.5, 0.6) is 11.5 Å². The predicted octanol–water partition coefficient (Wildman–Crippen LogP) is 7.00. The lowest BCUT2D eigenvalue weighted by Crippen LogP contribution is -2.12. The van der Waals surface area contributed by atoms with E-state index in [1.165, 1.54) is 22.3 Å². The summed E-state index contributed by atoms with van der Waals surface area (Å²) in [5.41, 5.74) is 3.21. The molecule has 204 valence electrons. The quantitative estimate of drug-likeness (QED) is 0.0965. The SMILES string of the molecule is Cc1ccc(COc2ccc(C(=O)c3cn(S(=O)(=O)c4ccccc4)c4ccccc34)cc2OCCCCl)cc1. The lowest BCUT2D eigenvalue weighted by Gasteiger charge is -2.14. The van der Waals surface area contributed by atoms with Gasteiger partial charge in [-0.3, -0.25) is 4.79 Å². The van der Waals surface area contributed by atoms with Gasteiger partial charge >= 0.3 is 0 Å². The average molecular weight is 574 g/mol. The third kappa shape index (κ3) is 5.76. The molecule has 6 nitrogen and oxygen atoms in total. The van der Waals surface area contributed by atoms with Crippen molar-refractivity contribution in [3.8, 4) is 11.5 Å². The van der Waals surface area contributed by atoms with Crippen LogP contribution in [0.4, 0.5) is 0 Å². The van der Waals surface area contributed by atoms with E-state index in [1.807, 2.05) is 31.2 Å². The van der Waals surface area contributed by atoms with Crippen LogP contribution in [-0.2, 0) is 16.6 Å². The van der Waals surface area contributed by atoms with Crippen LogP contribution in [-0.4, -0.2) is 30.7 Å². The van der Waals surface area contributed by atoms with Crippen LogP contribution in [0, 0.1) is 6.92 Å². The fourth-order valence-corrected chi connectivity index (χ4v) is 5.85. The van der Waals surface area contributed by atoms with Gasteiger partial charge in [-0.1, -0.05) is 66.2 Å². The molecule has 0 bridgehead atoms. The summed E-state index contributed by atoms with van der Waals surface area (Å²) >= 11 is 5.85. The third-order valence-corrected chi connectivity index (χ3v) is 8.43. The largest absolute Gasteiger partial charge is 0.490 e. The molecule has 5 aromatic rings. The Bertz CT molecular complexity index is 1750. The number of alkyl halides is 1. The number of rotatable bonds is 11. The first-order valence-electron chi connectivity index (χ1n) is 12.8. The highest BCUT2D eigenvalue weighted by Crippen LogP contribution is 2.33. The highest BCUT2D eigenvalue weighted by atomic mass is 35.5. The molecule has 0 atom stereocenters. The zero-order chi connectivity index (χ0) is 28.1. The molecule has 0 saturated carbocycles. The fourth-order valence-electron chi connectivity index (χ4n) is 4.35. The van der Waals surface area contributed by atoms with E-state index in [-0.39, 0.29) is 16.2 Å². The van der Waals surface area contributed by atoms with Gasteiger partial charge in [0.1, 0.15) is 6.61 Å². The van der Waals surface area contributed by atoms with E-state index in [9.17, 15) is 13.2 Å². The molecule has 0 saturated heterocycles. The van der Waals surface area contributed by atoms with Gasteiger partial charge in [0.25, 0.3) is 10.0 Å². The molecule has 0 aliphatic carbocycles. The number of halogens is 1. The minimum atomic E-state index is -3.92. The first-order chi connectivity index (χ1) is 19.4. The molecule has 8 heteroatoms. The Morgan fingerprint density at radius 1 is 0.850 bits per heavy atom. The Morgan fingerprint density at radius 2 is 1.57 bits per heavy atom. The molecule has 5 rings (SSSR count). The average Bonchev–Trinajstić information content (AvgIpc) is 3.38. The van der Waals surface area contributed by atoms with Crippen LogP contribution in [0.2, 0.25) is 0 Å². The monoisotopic (exact) mass is 573 g/mol. The summed E-state index contributed by atoms with van der Waals surface area (Å²) in [5, 5.41) is 0.538. The van der Waals surface area contributed by atoms with Crippen LogP contribution < -0.4 is 9.47 Å². The van der Waals surface area contributed by atoms with Crippen LogP contribution in [0.3, 0.4) is 0 Å². The summed E-state index contributed by atoms with van der Waals surface area (Å²) in [6.45, 7) is 2.72. The molecule has 0 amide bonds. The summed E-state index contributed by atoms with van der Waals surface area (Å²) in [5.74, 6) is 1.03. The number of hydrogen-bond acceptors (Lipinski definition) is 5. The number of carbonyl (C=O) groups excluding carboxylic acids is 1. The molecule has 1 heterocycles. The number of fused-ring (bicyclic) bond motifs is 1. The van der Waals surface area contributed by atoms with Gasteiger partial charge in [0.05, 0.1) is 17.0 Å². The van der Waals surface area contributed by atoms with Crippen LogP contribution >= 0.6 is 11.6 Å². The molecule has 0 radical (unpaired) electrons. The number of benzene rings is 4. The van der Waals surface area contributed by atoms with Gasteiger partial charge < -0.3 is 9.47 Å². The lowest BCUT2D eigenvalue weighted by molar-refractivity contribution is 0.103. The Labute approximate surface area is 238 Å². The van der Waals surface area contributed by atoms with Gasteiger partial charge in [0, 0.05) is 28.6 Å². The minimum Gasteiger partial charge on any atom is -0.490 e. The second-order valence-corrected chi connectivity index (χ2v) is 11.5. The molecular weight excluding hydrogens is 546 g/mol. The van der Waals surface area contributed by atoms with E-state index < -0.39 is 10.0 Å². The van der Waals surface area contributed by atoms with Crippen LogP contribution in [0.15, 0.2) is 108 Å². The van der Waals surface area contributed by atoms with Gasteiger partial charge in [0.2, 0.25) is 0 Å². The number of aryl methyl sites for hydroxylation is 1. The zero-order valence-corrected chi connectivity index (χ0v) is 23.5. The Balaban J connectivity index is 1.50. The summed E-state index contributed by atoms with van der Waals surface area (Å²) in [6, 6.07) is 28.2. The van der Waals surface area contributed by atoms with Crippen molar-refractivity contribution in [1.82, 2.24) is 3.97 Å². The van der Waals surface area contributed by atoms with Gasteiger partial charge in [-0.25, -0.2) is 12.4 Å². The Hall–Kier alpha value is -4.07. The van der Waals surface area contributed by atoms with Crippen molar-refractivity contribution in [2.75, 3.05) is 12.5 Å². The molecule has 0 N–H and O–H groups in total. The van der Waals surface area contributed by atoms with Crippen molar-refractivity contribution < 1.29 is 22.7 Å². The number of ether oxygens (including phenoxy) is 2. The molecule has 40 heavy (non-hydrogen) atoms. The first-order valence-corrected chi connectivity index (χ1v) is 14.8. The Morgan fingerprint density at radius 3 is 2.33 bits per heavy atom. The van der Waals surface area contributed by atoms with Gasteiger partial charge in [-0.05, 0) is 55.3 Å². The summed E-state index contributed by atoms with van der Waals surface area (Å²) in [7, 11) is -3.92. The fraction of sp³-hybridized carbons (Fsp3) is 0.156. The minimum absolute atomic E-state index is 0.139. The molecular formula is C32H28ClNO5S. The van der Waals surface area contributed by atoms with Crippen LogP contribution in [0.1, 0.15) is 33.5 Å². The first kappa shape index (κ1) is 27.5. The zero-order valence-electron chi connectivity index (χ0n) is 21.9. The van der Waals surface area contributed by atoms with Gasteiger partial charge in [-0.2, -0.15) is 0 Å². The van der Waals surface area contributed by atoms with E-state index in [2.05, 4.69) is 0 Å². The topological polar surface area (TPSA) is 74.6 Å². The number of para-hydroxylation sites is 1. The summed E-state index contributed by atoms with van der Waals surface area (Å²) in [6.07, 6.45) is 2.02. The van der Waals surface area contributed by atoms with E-state index in [1.54, 1.807) is 60.7 Å². The third-order valence-electron chi connectivity index (χ3n) is 6.48. The number of ketones is 1. The van der Waals surface area contributed by atoms with E-state index in [0.29, 0.717) is 53.5 Å². The second kappa shape index (κ2) is 12.0. The highest BCUT2D eigenvalue weighted by molar-refractivity contribution is 7.90. The number of carbonyl (C=O) groups is 1. The van der Waals surface area contributed by atoms with E-state index in [4.69, 9.17) is 21.1 Å². The molecule has 0 fully saturated rings. The van der Waals surface area contributed by atoms with E-state index in [0.717, 1.165) is 11.1 Å². The molecule has 0 aliphatic heterocycles. The smallest absolute Gasteiger partial charge is 0.268 e. The van der Waals surface area contributed by atoms with Crippen molar-refractivity contribution in [2.45, 2.75) is 24.8 Å². The molecule has 0 spiro atoms.